The molecule has 6 nitrogen and oxygen atoms in total. The molecule has 0 bridgehead atoms. The first kappa shape index (κ1) is 21.4. The number of aromatic nitrogens is 1. The van der Waals surface area contributed by atoms with Gasteiger partial charge in [0.1, 0.15) is 5.76 Å². The second-order valence-corrected chi connectivity index (χ2v) is 9.05. The van der Waals surface area contributed by atoms with E-state index in [-0.39, 0.29) is 16.6 Å². The van der Waals surface area contributed by atoms with Crippen molar-refractivity contribution in [2.24, 2.45) is 0 Å². The van der Waals surface area contributed by atoms with Gasteiger partial charge in [-0.25, -0.2) is 8.42 Å². The van der Waals surface area contributed by atoms with Crippen LogP contribution in [0, 0.1) is 0 Å². The molecule has 2 aromatic carbocycles. The second kappa shape index (κ2) is 8.03. The highest BCUT2D eigenvalue weighted by Gasteiger charge is 2.50. The van der Waals surface area contributed by atoms with Crippen molar-refractivity contribution < 1.29 is 31.1 Å². The summed E-state index contributed by atoms with van der Waals surface area (Å²) in [5, 5.41) is 12.5. The molecule has 10 heteroatoms. The molecule has 0 spiro atoms. The fourth-order valence-corrected chi connectivity index (χ4v) is 4.63. The summed E-state index contributed by atoms with van der Waals surface area (Å²) in [6, 6.07) is 17.7. The Morgan fingerprint density at radius 3 is 2.06 bits per heavy atom. The Bertz CT molecular complexity index is 1240. The Morgan fingerprint density at radius 2 is 1.55 bits per heavy atom. The Kier molecular flexibility index (Phi) is 5.54. The van der Waals surface area contributed by atoms with Crippen LogP contribution in [0.3, 0.4) is 0 Å². The van der Waals surface area contributed by atoms with Crippen LogP contribution in [0.4, 0.5) is 13.2 Å². The van der Waals surface area contributed by atoms with E-state index < -0.39 is 34.7 Å². The zero-order valence-corrected chi connectivity index (χ0v) is 17.0. The summed E-state index contributed by atoms with van der Waals surface area (Å²) >= 11 is 0. The maximum absolute atomic E-state index is 13.2. The number of nitrogens with zero attached hydrogens (tertiary/aromatic N) is 2. The van der Waals surface area contributed by atoms with Gasteiger partial charge in [0.15, 0.2) is 0 Å². The lowest BCUT2D eigenvalue weighted by Crippen LogP contribution is -2.44. The lowest BCUT2D eigenvalue weighted by atomic mass is 10.2. The lowest BCUT2D eigenvalue weighted by Gasteiger charge is -2.25. The van der Waals surface area contributed by atoms with E-state index in [1.807, 2.05) is 48.5 Å². The summed E-state index contributed by atoms with van der Waals surface area (Å²) in [5.74, 6) is 0.0388. The molecule has 31 heavy (non-hydrogen) atoms. The molecule has 1 atom stereocenters. The molecule has 0 saturated carbocycles. The van der Waals surface area contributed by atoms with E-state index in [2.05, 4.69) is 0 Å². The minimum atomic E-state index is -5.67. The molecular weight excluding hydrogens is 433 g/mol. The highest BCUT2D eigenvalue weighted by molar-refractivity contribution is 7.89. The molecule has 2 heterocycles. The van der Waals surface area contributed by atoms with Gasteiger partial charge >= 0.3 is 15.5 Å². The first-order valence-electron chi connectivity index (χ1n) is 9.41. The predicted octanol–water partition coefficient (Wildman–Crippen LogP) is 4.10. The van der Waals surface area contributed by atoms with Crippen molar-refractivity contribution in [1.82, 2.24) is 8.87 Å². The fraction of sp³-hybridized carbons (Fsp3) is 0.238. The van der Waals surface area contributed by atoms with Gasteiger partial charge in [-0.2, -0.15) is 17.5 Å². The third-order valence-corrected chi connectivity index (χ3v) is 6.58. The van der Waals surface area contributed by atoms with Gasteiger partial charge in [0, 0.05) is 28.4 Å². The Morgan fingerprint density at radius 1 is 0.968 bits per heavy atom. The van der Waals surface area contributed by atoms with E-state index in [0.717, 1.165) is 21.8 Å². The number of aliphatic hydroxyl groups is 1. The van der Waals surface area contributed by atoms with Crippen molar-refractivity contribution in [2.45, 2.75) is 24.7 Å². The highest BCUT2D eigenvalue weighted by atomic mass is 32.2. The number of halogens is 3. The third kappa shape index (κ3) is 4.06. The number of fused-ring (bicyclic) bond motifs is 3. The van der Waals surface area contributed by atoms with Crippen LogP contribution < -0.4 is 0 Å². The third-order valence-electron chi connectivity index (χ3n) is 5.03. The number of para-hydroxylation sites is 2. The molecule has 0 saturated heterocycles. The first-order chi connectivity index (χ1) is 14.7. The topological polar surface area (TPSA) is 75.7 Å². The number of rotatable bonds is 7. The number of aliphatic hydroxyl groups excluding tert-OH is 1. The smallest absolute Gasteiger partial charge is 0.468 e. The normalized spacial score (nSPS) is 14.0. The van der Waals surface area contributed by atoms with Crippen LogP contribution in [0.15, 0.2) is 71.3 Å². The molecule has 0 aliphatic carbocycles. The minimum absolute atomic E-state index is 0.0388. The molecule has 4 aromatic rings. The van der Waals surface area contributed by atoms with Crippen LogP contribution in [-0.4, -0.2) is 40.6 Å². The van der Waals surface area contributed by atoms with E-state index in [4.69, 9.17) is 4.42 Å². The van der Waals surface area contributed by atoms with Crippen molar-refractivity contribution in [3.05, 3.63) is 72.7 Å². The largest absolute Gasteiger partial charge is 0.511 e. The van der Waals surface area contributed by atoms with E-state index in [1.165, 1.54) is 18.4 Å². The summed E-state index contributed by atoms with van der Waals surface area (Å²) in [6.45, 7) is -1.47. The molecule has 1 unspecified atom stereocenters. The zero-order valence-electron chi connectivity index (χ0n) is 16.2. The molecule has 4 rings (SSSR count). The Labute approximate surface area is 176 Å². The van der Waals surface area contributed by atoms with E-state index >= 15 is 0 Å². The molecular formula is C21H19F3N2O4S. The summed E-state index contributed by atoms with van der Waals surface area (Å²) in [4.78, 5) is 0. The Balaban J connectivity index is 1.66. The lowest BCUT2D eigenvalue weighted by molar-refractivity contribution is -0.0503. The zero-order chi connectivity index (χ0) is 22.2. The molecule has 0 fully saturated rings. The summed E-state index contributed by atoms with van der Waals surface area (Å²) in [6.07, 6.45) is -0.159. The van der Waals surface area contributed by atoms with Crippen LogP contribution in [0.1, 0.15) is 5.76 Å². The average molecular weight is 452 g/mol. The van der Waals surface area contributed by atoms with Crippen LogP contribution in [-0.2, 0) is 23.1 Å². The van der Waals surface area contributed by atoms with Crippen LogP contribution in [0.5, 0.6) is 0 Å². The van der Waals surface area contributed by atoms with E-state index in [1.54, 1.807) is 4.57 Å². The highest BCUT2D eigenvalue weighted by Crippen LogP contribution is 2.31. The van der Waals surface area contributed by atoms with Crippen LogP contribution >= 0.6 is 0 Å². The van der Waals surface area contributed by atoms with Crippen LogP contribution in [0.2, 0.25) is 0 Å². The number of benzene rings is 2. The maximum Gasteiger partial charge on any atom is 0.511 e. The SMILES string of the molecule is O=S(=O)(N(Cc1ccco1)CC(O)Cn1c2ccccc2c2ccccc21)C(F)(F)F. The van der Waals surface area contributed by atoms with Gasteiger partial charge in [-0.3, -0.25) is 0 Å². The molecule has 0 amide bonds. The quantitative estimate of drug-likeness (QED) is 0.458. The Hall–Kier alpha value is -2.82. The van der Waals surface area contributed by atoms with Crippen molar-refractivity contribution in [2.75, 3.05) is 6.54 Å². The molecule has 1 N–H and O–H groups in total. The first-order valence-corrected chi connectivity index (χ1v) is 10.9. The van der Waals surface area contributed by atoms with Crippen molar-refractivity contribution in [3.8, 4) is 0 Å². The van der Waals surface area contributed by atoms with Gasteiger partial charge in [-0.1, -0.05) is 36.4 Å². The van der Waals surface area contributed by atoms with Crippen molar-refractivity contribution in [3.63, 3.8) is 0 Å². The van der Waals surface area contributed by atoms with Crippen molar-refractivity contribution in [1.29, 1.82) is 0 Å². The van der Waals surface area contributed by atoms with E-state index in [9.17, 15) is 26.7 Å². The van der Waals surface area contributed by atoms with Crippen LogP contribution in [0.25, 0.3) is 21.8 Å². The van der Waals surface area contributed by atoms with Crippen molar-refractivity contribution >= 4 is 31.8 Å². The number of alkyl halides is 3. The molecule has 0 radical (unpaired) electrons. The van der Waals surface area contributed by atoms with Gasteiger partial charge < -0.3 is 14.1 Å². The standard InChI is InChI=1S/C21H19F3N2O4S/c22-21(23,24)31(28,29)25(14-16-6-5-11-30-16)12-15(27)13-26-19-9-3-1-7-17(19)18-8-2-4-10-20(18)26/h1-11,15,27H,12-14H2. The molecule has 2 aromatic heterocycles. The maximum atomic E-state index is 13.2. The summed E-state index contributed by atoms with van der Waals surface area (Å²) in [7, 11) is -5.67. The fourth-order valence-electron chi connectivity index (χ4n) is 3.67. The number of hydrogen-bond donors (Lipinski definition) is 1. The number of sulfonamides is 1. The molecule has 164 valence electrons. The number of hydrogen-bond acceptors (Lipinski definition) is 4. The monoisotopic (exact) mass is 452 g/mol. The van der Waals surface area contributed by atoms with Gasteiger partial charge in [-0.15, -0.1) is 0 Å². The minimum Gasteiger partial charge on any atom is -0.468 e. The molecule has 0 aliphatic heterocycles. The predicted molar refractivity (Wildman–Crippen MR) is 110 cm³/mol. The van der Waals surface area contributed by atoms with Gasteiger partial charge in [-0.05, 0) is 24.3 Å². The van der Waals surface area contributed by atoms with Gasteiger partial charge in [0.2, 0.25) is 0 Å². The second-order valence-electron chi connectivity index (χ2n) is 7.12. The van der Waals surface area contributed by atoms with Gasteiger partial charge in [0.25, 0.3) is 0 Å². The number of furan rings is 1. The molecule has 0 aliphatic rings. The summed E-state index contributed by atoms with van der Waals surface area (Å²) in [5.41, 5.74) is -3.91. The summed E-state index contributed by atoms with van der Waals surface area (Å²) < 4.78 is 70.8. The van der Waals surface area contributed by atoms with E-state index in [0.29, 0.717) is 0 Å². The average Bonchev–Trinajstić information content (AvgIpc) is 3.34. The van der Waals surface area contributed by atoms with Gasteiger partial charge in [0.05, 0.1) is 25.5 Å².